The molecule has 200 valence electrons. The van der Waals surface area contributed by atoms with Crippen LogP contribution in [0.3, 0.4) is 0 Å². The molecule has 0 unspecified atom stereocenters. The topological polar surface area (TPSA) is 42.0 Å². The molecule has 0 bridgehead atoms. The van der Waals surface area contributed by atoms with E-state index in [9.17, 15) is 4.79 Å². The molecule has 0 aliphatic carbocycles. The number of nitrogens with zero attached hydrogens (tertiary/aromatic N) is 2. The lowest BCUT2D eigenvalue weighted by Gasteiger charge is -2.34. The van der Waals surface area contributed by atoms with E-state index in [2.05, 4.69) is 56.0 Å². The standard InChI is InChI=1S/C33H40N2O3/c1-5-37-30-18-17-27(24-28(30)25-38-31-16-10-9-15-29(31)33(2,3)4)32(36)35-22-20-34(21-23-35)19-11-14-26-12-7-6-8-13-26/h6-18,24H,5,19-23,25H2,1-4H3/b14-11+. The molecular formula is C33H40N2O3. The maximum atomic E-state index is 13.4. The van der Waals surface area contributed by atoms with Gasteiger partial charge in [-0.25, -0.2) is 0 Å². The van der Waals surface area contributed by atoms with Gasteiger partial charge in [-0.05, 0) is 47.7 Å². The van der Waals surface area contributed by atoms with Crippen molar-refractivity contribution in [2.24, 2.45) is 0 Å². The highest BCUT2D eigenvalue weighted by Gasteiger charge is 2.23. The summed E-state index contributed by atoms with van der Waals surface area (Å²) < 4.78 is 12.2. The second kappa shape index (κ2) is 12.8. The van der Waals surface area contributed by atoms with E-state index in [0.29, 0.717) is 18.8 Å². The van der Waals surface area contributed by atoms with E-state index in [0.717, 1.165) is 55.3 Å². The van der Waals surface area contributed by atoms with Gasteiger partial charge in [0.15, 0.2) is 0 Å². The molecule has 38 heavy (non-hydrogen) atoms. The second-order valence-corrected chi connectivity index (χ2v) is 10.7. The molecule has 5 heteroatoms. The molecule has 0 spiro atoms. The van der Waals surface area contributed by atoms with E-state index >= 15 is 0 Å². The lowest BCUT2D eigenvalue weighted by molar-refractivity contribution is 0.0650. The van der Waals surface area contributed by atoms with Gasteiger partial charge in [0.2, 0.25) is 0 Å². The third-order valence-corrected chi connectivity index (χ3v) is 6.82. The van der Waals surface area contributed by atoms with Crippen LogP contribution in [0.1, 0.15) is 54.7 Å². The number of piperazine rings is 1. The number of hydrogen-bond donors (Lipinski definition) is 0. The average Bonchev–Trinajstić information content (AvgIpc) is 2.93. The highest BCUT2D eigenvalue weighted by Crippen LogP contribution is 2.32. The molecule has 1 aliphatic heterocycles. The molecule has 1 amide bonds. The summed E-state index contributed by atoms with van der Waals surface area (Å²) in [6.45, 7) is 13.4. The highest BCUT2D eigenvalue weighted by molar-refractivity contribution is 5.94. The highest BCUT2D eigenvalue weighted by atomic mass is 16.5. The van der Waals surface area contributed by atoms with Crippen molar-refractivity contribution >= 4 is 12.0 Å². The largest absolute Gasteiger partial charge is 0.493 e. The first-order valence-corrected chi connectivity index (χ1v) is 13.6. The van der Waals surface area contributed by atoms with Crippen LogP contribution in [0.15, 0.2) is 78.9 Å². The van der Waals surface area contributed by atoms with Crippen molar-refractivity contribution in [1.29, 1.82) is 0 Å². The third-order valence-electron chi connectivity index (χ3n) is 6.82. The Labute approximate surface area is 227 Å². The maximum Gasteiger partial charge on any atom is 0.253 e. The van der Waals surface area contributed by atoms with Crippen molar-refractivity contribution < 1.29 is 14.3 Å². The van der Waals surface area contributed by atoms with Crippen LogP contribution >= 0.6 is 0 Å². The zero-order chi connectivity index (χ0) is 27.0. The summed E-state index contributed by atoms with van der Waals surface area (Å²) in [7, 11) is 0. The van der Waals surface area contributed by atoms with Crippen molar-refractivity contribution in [3.05, 3.63) is 101 Å². The molecule has 4 rings (SSSR count). The minimum Gasteiger partial charge on any atom is -0.493 e. The summed E-state index contributed by atoms with van der Waals surface area (Å²) in [5, 5.41) is 0. The lowest BCUT2D eigenvalue weighted by atomic mass is 9.86. The molecule has 3 aromatic carbocycles. The van der Waals surface area contributed by atoms with Crippen LogP contribution in [-0.2, 0) is 12.0 Å². The van der Waals surface area contributed by atoms with Crippen LogP contribution in [0.5, 0.6) is 11.5 Å². The summed E-state index contributed by atoms with van der Waals surface area (Å²) in [4.78, 5) is 17.7. The molecule has 0 radical (unpaired) electrons. The molecule has 1 aliphatic rings. The molecule has 3 aromatic rings. The zero-order valence-corrected chi connectivity index (χ0v) is 23.2. The minimum absolute atomic E-state index is 0.0311. The van der Waals surface area contributed by atoms with Crippen LogP contribution in [0.25, 0.3) is 6.08 Å². The van der Waals surface area contributed by atoms with Gasteiger partial charge >= 0.3 is 0 Å². The molecular weight excluding hydrogens is 472 g/mol. The Bertz CT molecular complexity index is 1220. The second-order valence-electron chi connectivity index (χ2n) is 10.7. The predicted molar refractivity (Wildman–Crippen MR) is 155 cm³/mol. The van der Waals surface area contributed by atoms with Crippen molar-refractivity contribution in [3.8, 4) is 11.5 Å². The zero-order valence-electron chi connectivity index (χ0n) is 23.2. The summed E-state index contributed by atoms with van der Waals surface area (Å²) in [6.07, 6.45) is 4.35. The van der Waals surface area contributed by atoms with E-state index in [1.807, 2.05) is 66.4 Å². The van der Waals surface area contributed by atoms with Gasteiger partial charge < -0.3 is 14.4 Å². The fourth-order valence-electron chi connectivity index (χ4n) is 4.71. The van der Waals surface area contributed by atoms with Crippen LogP contribution < -0.4 is 9.47 Å². The smallest absolute Gasteiger partial charge is 0.253 e. The van der Waals surface area contributed by atoms with Crippen molar-refractivity contribution in [2.45, 2.75) is 39.7 Å². The van der Waals surface area contributed by atoms with Gasteiger partial charge in [-0.2, -0.15) is 0 Å². The van der Waals surface area contributed by atoms with Crippen molar-refractivity contribution in [1.82, 2.24) is 9.80 Å². The summed E-state index contributed by atoms with van der Waals surface area (Å²) in [6, 6.07) is 24.2. The Morgan fingerprint density at radius 2 is 1.58 bits per heavy atom. The molecule has 5 nitrogen and oxygen atoms in total. The fraction of sp³-hybridized carbons (Fsp3) is 0.364. The summed E-state index contributed by atoms with van der Waals surface area (Å²) >= 11 is 0. The van der Waals surface area contributed by atoms with Gasteiger partial charge in [0, 0.05) is 43.9 Å². The van der Waals surface area contributed by atoms with Crippen LogP contribution in [-0.4, -0.2) is 55.0 Å². The molecule has 0 saturated carbocycles. The first-order chi connectivity index (χ1) is 18.3. The van der Waals surface area contributed by atoms with Gasteiger partial charge in [0.05, 0.1) is 6.61 Å². The predicted octanol–water partition coefficient (Wildman–Crippen LogP) is 6.43. The summed E-state index contributed by atoms with van der Waals surface area (Å²) in [5.41, 5.74) is 3.89. The van der Waals surface area contributed by atoms with E-state index < -0.39 is 0 Å². The number of ether oxygens (including phenoxy) is 2. The number of amides is 1. The number of benzene rings is 3. The Balaban J connectivity index is 1.39. The number of hydrogen-bond acceptors (Lipinski definition) is 4. The van der Waals surface area contributed by atoms with E-state index in [-0.39, 0.29) is 11.3 Å². The van der Waals surface area contributed by atoms with Crippen LogP contribution in [0, 0.1) is 0 Å². The number of carbonyl (C=O) groups excluding carboxylic acids is 1. The number of carbonyl (C=O) groups is 1. The minimum atomic E-state index is -0.0311. The van der Waals surface area contributed by atoms with Gasteiger partial charge in [-0.15, -0.1) is 0 Å². The Hall–Kier alpha value is -3.57. The SMILES string of the molecule is CCOc1ccc(C(=O)N2CCN(C/C=C/c3ccccc3)CC2)cc1COc1ccccc1C(C)(C)C. The van der Waals surface area contributed by atoms with Crippen molar-refractivity contribution in [2.75, 3.05) is 39.3 Å². The molecule has 1 heterocycles. The van der Waals surface area contributed by atoms with Gasteiger partial charge in [-0.1, -0.05) is 81.5 Å². The molecule has 0 atom stereocenters. The fourth-order valence-corrected chi connectivity index (χ4v) is 4.71. The van der Waals surface area contributed by atoms with Gasteiger partial charge in [-0.3, -0.25) is 9.69 Å². The lowest BCUT2D eigenvalue weighted by Crippen LogP contribution is -2.48. The molecule has 1 fully saturated rings. The molecule has 1 saturated heterocycles. The van der Waals surface area contributed by atoms with E-state index in [1.165, 1.54) is 5.56 Å². The molecule has 0 aromatic heterocycles. The van der Waals surface area contributed by atoms with E-state index in [4.69, 9.17) is 9.47 Å². The summed E-state index contributed by atoms with van der Waals surface area (Å²) in [5.74, 6) is 1.67. The Kier molecular flexibility index (Phi) is 9.24. The monoisotopic (exact) mass is 512 g/mol. The van der Waals surface area contributed by atoms with Gasteiger partial charge in [0.25, 0.3) is 5.91 Å². The third kappa shape index (κ3) is 7.26. The number of para-hydroxylation sites is 1. The van der Waals surface area contributed by atoms with Crippen molar-refractivity contribution in [3.63, 3.8) is 0 Å². The normalized spacial score (nSPS) is 14.6. The maximum absolute atomic E-state index is 13.4. The Morgan fingerprint density at radius 1 is 0.868 bits per heavy atom. The number of rotatable bonds is 9. The average molecular weight is 513 g/mol. The first-order valence-electron chi connectivity index (χ1n) is 13.6. The molecule has 0 N–H and O–H groups in total. The van der Waals surface area contributed by atoms with E-state index in [1.54, 1.807) is 0 Å². The quantitative estimate of drug-likeness (QED) is 0.331. The first kappa shape index (κ1) is 27.5. The van der Waals surface area contributed by atoms with Crippen LogP contribution in [0.2, 0.25) is 0 Å². The van der Waals surface area contributed by atoms with Gasteiger partial charge in [0.1, 0.15) is 18.1 Å². The van der Waals surface area contributed by atoms with Crippen LogP contribution in [0.4, 0.5) is 0 Å². The Morgan fingerprint density at radius 3 is 2.29 bits per heavy atom.